The van der Waals surface area contributed by atoms with Gasteiger partial charge < -0.3 is 5.11 Å². The number of phenolic OH excluding ortho intramolecular Hbond substituents is 1. The maximum absolute atomic E-state index is 13.1. The number of aryl methyl sites for hydroxylation is 1. The van der Waals surface area contributed by atoms with Gasteiger partial charge >= 0.3 is 0 Å². The Morgan fingerprint density at radius 2 is 1.70 bits per heavy atom. The zero-order chi connectivity index (χ0) is 14.7. The van der Waals surface area contributed by atoms with Gasteiger partial charge in [0.25, 0.3) is 0 Å². The number of carbonyl (C=O) groups is 2. The number of hydrogen-bond acceptors (Lipinski definition) is 3. The fourth-order valence-electron chi connectivity index (χ4n) is 1.81. The number of ketones is 2. The highest BCUT2D eigenvalue weighted by Crippen LogP contribution is 2.20. The molecule has 1 N–H and O–H groups in total. The minimum absolute atomic E-state index is 0.175. The number of benzene rings is 2. The predicted octanol–water partition coefficient (Wildman–Crippen LogP) is 3.30. The lowest BCUT2D eigenvalue weighted by molar-refractivity contribution is 0.0892. The van der Waals surface area contributed by atoms with Crippen molar-refractivity contribution in [3.8, 4) is 5.75 Å². The van der Waals surface area contributed by atoms with Crippen LogP contribution in [0.4, 0.5) is 4.39 Å². The molecule has 0 radical (unpaired) electrons. The first-order valence-corrected chi connectivity index (χ1v) is 6.09. The van der Waals surface area contributed by atoms with Gasteiger partial charge in [0.15, 0.2) is 11.6 Å². The van der Waals surface area contributed by atoms with Crippen molar-refractivity contribution in [1.82, 2.24) is 0 Å². The first kappa shape index (κ1) is 13.9. The molecule has 0 amide bonds. The van der Waals surface area contributed by atoms with Crippen LogP contribution in [0.25, 0.3) is 0 Å². The quantitative estimate of drug-likeness (QED) is 0.686. The van der Waals surface area contributed by atoms with Gasteiger partial charge in [-0.15, -0.1) is 0 Å². The Morgan fingerprint density at radius 1 is 1.05 bits per heavy atom. The van der Waals surface area contributed by atoms with Crippen molar-refractivity contribution in [1.29, 1.82) is 0 Å². The lowest BCUT2D eigenvalue weighted by atomic mass is 10.0. The molecule has 2 aromatic rings. The van der Waals surface area contributed by atoms with Gasteiger partial charge in [0.2, 0.25) is 0 Å². The molecule has 2 rings (SSSR count). The van der Waals surface area contributed by atoms with Gasteiger partial charge in [0, 0.05) is 5.56 Å². The molecule has 0 unspecified atom stereocenters. The highest BCUT2D eigenvalue weighted by atomic mass is 19.1. The summed E-state index contributed by atoms with van der Waals surface area (Å²) in [5, 5.41) is 9.53. The Balaban J connectivity index is 2.17. The summed E-state index contributed by atoms with van der Waals surface area (Å²) in [6, 6.07) is 9.90. The highest BCUT2D eigenvalue weighted by molar-refractivity contribution is 6.14. The van der Waals surface area contributed by atoms with Gasteiger partial charge in [-0.3, -0.25) is 9.59 Å². The normalized spacial score (nSPS) is 10.3. The number of phenols is 1. The molecule has 0 aliphatic rings. The standard InChI is InChI=1S/C16H13FO3/c1-10-2-4-11(5-3-10)15(19)9-16(20)13-8-12(17)6-7-14(13)18/h2-8,18H,9H2,1H3. The van der Waals surface area contributed by atoms with E-state index in [1.807, 2.05) is 6.92 Å². The van der Waals surface area contributed by atoms with Crippen molar-refractivity contribution in [3.05, 3.63) is 65.0 Å². The van der Waals surface area contributed by atoms with E-state index in [0.717, 1.165) is 23.8 Å². The van der Waals surface area contributed by atoms with Gasteiger partial charge in [-0.05, 0) is 25.1 Å². The summed E-state index contributed by atoms with van der Waals surface area (Å²) in [5.41, 5.74) is 1.25. The summed E-state index contributed by atoms with van der Waals surface area (Å²) in [6.07, 6.45) is -0.403. The van der Waals surface area contributed by atoms with E-state index in [-0.39, 0.29) is 17.1 Å². The third-order valence-corrected chi connectivity index (χ3v) is 2.95. The minimum Gasteiger partial charge on any atom is -0.507 e. The predicted molar refractivity (Wildman–Crippen MR) is 72.5 cm³/mol. The fourth-order valence-corrected chi connectivity index (χ4v) is 1.81. The molecule has 0 saturated heterocycles. The van der Waals surface area contributed by atoms with Crippen LogP contribution in [0.3, 0.4) is 0 Å². The van der Waals surface area contributed by atoms with E-state index in [1.54, 1.807) is 24.3 Å². The van der Waals surface area contributed by atoms with Crippen LogP contribution < -0.4 is 0 Å². The molecule has 0 aliphatic heterocycles. The van der Waals surface area contributed by atoms with Crippen LogP contribution in [0.2, 0.25) is 0 Å². The van der Waals surface area contributed by atoms with Crippen molar-refractivity contribution in [3.63, 3.8) is 0 Å². The second-order valence-corrected chi connectivity index (χ2v) is 4.55. The Morgan fingerprint density at radius 3 is 2.35 bits per heavy atom. The molecule has 102 valence electrons. The van der Waals surface area contributed by atoms with Crippen LogP contribution >= 0.6 is 0 Å². The van der Waals surface area contributed by atoms with E-state index < -0.39 is 18.0 Å². The molecule has 0 aliphatic carbocycles. The van der Waals surface area contributed by atoms with Gasteiger partial charge in [0.05, 0.1) is 12.0 Å². The zero-order valence-corrected chi connectivity index (χ0v) is 10.9. The smallest absolute Gasteiger partial charge is 0.174 e. The van der Waals surface area contributed by atoms with Crippen LogP contribution in [0.5, 0.6) is 5.75 Å². The van der Waals surface area contributed by atoms with Crippen molar-refractivity contribution in [2.75, 3.05) is 0 Å². The van der Waals surface area contributed by atoms with E-state index in [1.165, 1.54) is 0 Å². The van der Waals surface area contributed by atoms with Crippen molar-refractivity contribution in [2.24, 2.45) is 0 Å². The van der Waals surface area contributed by atoms with Crippen molar-refractivity contribution in [2.45, 2.75) is 13.3 Å². The number of aromatic hydroxyl groups is 1. The summed E-state index contributed by atoms with van der Waals surface area (Å²) in [5.74, 6) is -1.92. The zero-order valence-electron chi connectivity index (χ0n) is 10.9. The SMILES string of the molecule is Cc1ccc(C(=O)CC(=O)c2cc(F)ccc2O)cc1. The summed E-state index contributed by atoms with van der Waals surface area (Å²) >= 11 is 0. The molecular weight excluding hydrogens is 259 g/mol. The third kappa shape index (κ3) is 3.09. The molecule has 0 heterocycles. The summed E-state index contributed by atoms with van der Waals surface area (Å²) < 4.78 is 13.1. The van der Waals surface area contributed by atoms with E-state index in [9.17, 15) is 19.1 Å². The molecule has 0 saturated carbocycles. The van der Waals surface area contributed by atoms with Crippen LogP contribution in [0.15, 0.2) is 42.5 Å². The number of carbonyl (C=O) groups excluding carboxylic acids is 2. The van der Waals surface area contributed by atoms with Crippen LogP contribution in [0, 0.1) is 12.7 Å². The molecule has 4 heteroatoms. The van der Waals surface area contributed by atoms with Crippen molar-refractivity contribution >= 4 is 11.6 Å². The maximum Gasteiger partial charge on any atom is 0.174 e. The van der Waals surface area contributed by atoms with E-state index in [4.69, 9.17) is 0 Å². The second kappa shape index (κ2) is 5.65. The first-order valence-electron chi connectivity index (χ1n) is 6.09. The summed E-state index contributed by atoms with van der Waals surface area (Å²) in [7, 11) is 0. The van der Waals surface area contributed by atoms with Gasteiger partial charge in [-0.25, -0.2) is 4.39 Å². The topological polar surface area (TPSA) is 54.4 Å². The molecule has 3 nitrogen and oxygen atoms in total. The van der Waals surface area contributed by atoms with Gasteiger partial charge in [-0.2, -0.15) is 0 Å². The average molecular weight is 272 g/mol. The Hall–Kier alpha value is -2.49. The second-order valence-electron chi connectivity index (χ2n) is 4.55. The molecule has 0 fully saturated rings. The third-order valence-electron chi connectivity index (χ3n) is 2.95. The number of halogens is 1. The molecule has 20 heavy (non-hydrogen) atoms. The number of Topliss-reactive ketones (excluding diaryl/α,β-unsaturated/α-hetero) is 2. The lowest BCUT2D eigenvalue weighted by Gasteiger charge is -2.04. The highest BCUT2D eigenvalue weighted by Gasteiger charge is 2.17. The molecule has 0 atom stereocenters. The molecule has 2 aromatic carbocycles. The Bertz CT molecular complexity index is 660. The van der Waals surface area contributed by atoms with Gasteiger partial charge in [0.1, 0.15) is 11.6 Å². The van der Waals surface area contributed by atoms with Crippen molar-refractivity contribution < 1.29 is 19.1 Å². The summed E-state index contributed by atoms with van der Waals surface area (Å²) in [6.45, 7) is 1.89. The lowest BCUT2D eigenvalue weighted by Crippen LogP contribution is -2.09. The monoisotopic (exact) mass is 272 g/mol. The van der Waals surface area contributed by atoms with Crippen LogP contribution in [-0.4, -0.2) is 16.7 Å². The fraction of sp³-hybridized carbons (Fsp3) is 0.125. The Labute approximate surface area is 115 Å². The van der Waals surface area contributed by atoms with E-state index in [0.29, 0.717) is 5.56 Å². The molecule has 0 spiro atoms. The van der Waals surface area contributed by atoms with E-state index >= 15 is 0 Å². The molecular formula is C16H13FO3. The van der Waals surface area contributed by atoms with Gasteiger partial charge in [-0.1, -0.05) is 29.8 Å². The Kier molecular flexibility index (Phi) is 3.94. The molecule has 0 aromatic heterocycles. The van der Waals surface area contributed by atoms with Crippen LogP contribution in [0.1, 0.15) is 32.7 Å². The maximum atomic E-state index is 13.1. The van der Waals surface area contributed by atoms with E-state index in [2.05, 4.69) is 0 Å². The number of hydrogen-bond donors (Lipinski definition) is 1. The summed E-state index contributed by atoms with van der Waals surface area (Å²) in [4.78, 5) is 23.9. The van der Waals surface area contributed by atoms with Crippen LogP contribution in [-0.2, 0) is 0 Å². The average Bonchev–Trinajstić information content (AvgIpc) is 2.42. The largest absolute Gasteiger partial charge is 0.507 e. The first-order chi connectivity index (χ1) is 9.47. The number of rotatable bonds is 4. The molecule has 0 bridgehead atoms. The minimum atomic E-state index is -0.631.